The number of nitrogens with zero attached hydrogens (tertiary/aromatic N) is 3. The Labute approximate surface area is 172 Å². The lowest BCUT2D eigenvalue weighted by molar-refractivity contribution is 0.115. The van der Waals surface area contributed by atoms with Crippen molar-refractivity contribution in [3.63, 3.8) is 0 Å². The van der Waals surface area contributed by atoms with Gasteiger partial charge in [0.25, 0.3) is 0 Å². The van der Waals surface area contributed by atoms with E-state index in [1.54, 1.807) is 0 Å². The van der Waals surface area contributed by atoms with Crippen LogP contribution in [0.3, 0.4) is 0 Å². The van der Waals surface area contributed by atoms with Crippen LogP contribution in [0, 0.1) is 11.8 Å². The summed E-state index contributed by atoms with van der Waals surface area (Å²) in [5.41, 5.74) is 0. The van der Waals surface area contributed by atoms with E-state index in [1.165, 1.54) is 45.3 Å². The molecule has 2 rings (SSSR count). The van der Waals surface area contributed by atoms with Crippen molar-refractivity contribution in [2.45, 2.75) is 46.0 Å². The molecule has 5 nitrogen and oxygen atoms in total. The monoisotopic (exact) mass is 466 g/mol. The van der Waals surface area contributed by atoms with Gasteiger partial charge >= 0.3 is 0 Å². The van der Waals surface area contributed by atoms with Crippen LogP contribution in [0.15, 0.2) is 4.99 Å². The van der Waals surface area contributed by atoms with Gasteiger partial charge in [0.05, 0.1) is 6.61 Å². The standard InChI is InChI=1S/C19H38N4O.HI/c1-4-20-19(22(3)14-15-24-16-18-6-7-18)21-10-5-11-23-12-8-17(2)9-13-23;/h17-18H,4-16H2,1-3H3,(H,20,21);1H. The minimum Gasteiger partial charge on any atom is -0.379 e. The number of hydrogen-bond acceptors (Lipinski definition) is 3. The van der Waals surface area contributed by atoms with Crippen molar-refractivity contribution in [2.75, 3.05) is 59.5 Å². The number of halogens is 1. The Kier molecular flexibility index (Phi) is 12.1. The average molecular weight is 466 g/mol. The first-order valence-electron chi connectivity index (χ1n) is 9.98. The predicted octanol–water partition coefficient (Wildman–Crippen LogP) is 3.05. The number of piperidine rings is 1. The number of ether oxygens (including phenoxy) is 1. The first-order valence-corrected chi connectivity index (χ1v) is 9.98. The second-order valence-electron chi connectivity index (χ2n) is 7.55. The van der Waals surface area contributed by atoms with Crippen LogP contribution in [0.2, 0.25) is 0 Å². The van der Waals surface area contributed by atoms with Gasteiger partial charge in [0, 0.05) is 33.3 Å². The molecule has 2 aliphatic rings. The number of guanidine groups is 1. The van der Waals surface area contributed by atoms with Gasteiger partial charge in [-0.05, 0) is 70.5 Å². The lowest BCUT2D eigenvalue weighted by Gasteiger charge is -2.30. The van der Waals surface area contributed by atoms with Crippen LogP contribution in [0.4, 0.5) is 0 Å². The van der Waals surface area contributed by atoms with Crippen molar-refractivity contribution >= 4 is 29.9 Å². The van der Waals surface area contributed by atoms with E-state index in [2.05, 4.69) is 36.0 Å². The molecular weight excluding hydrogens is 427 g/mol. The van der Waals surface area contributed by atoms with Crippen molar-refractivity contribution in [3.05, 3.63) is 0 Å². The van der Waals surface area contributed by atoms with Gasteiger partial charge in [0.2, 0.25) is 0 Å². The Bertz CT molecular complexity index is 368. The Morgan fingerprint density at radius 1 is 1.24 bits per heavy atom. The third-order valence-corrected chi connectivity index (χ3v) is 5.09. The van der Waals surface area contributed by atoms with Crippen LogP contribution in [0.5, 0.6) is 0 Å². The maximum Gasteiger partial charge on any atom is 0.193 e. The zero-order valence-electron chi connectivity index (χ0n) is 16.5. The maximum atomic E-state index is 5.74. The van der Waals surface area contributed by atoms with Crippen LogP contribution in [0.1, 0.15) is 46.0 Å². The van der Waals surface area contributed by atoms with Crippen molar-refractivity contribution in [1.29, 1.82) is 0 Å². The Morgan fingerprint density at radius 2 is 1.96 bits per heavy atom. The number of hydrogen-bond donors (Lipinski definition) is 1. The molecule has 1 saturated carbocycles. The molecule has 0 unspecified atom stereocenters. The first-order chi connectivity index (χ1) is 11.7. The summed E-state index contributed by atoms with van der Waals surface area (Å²) in [6, 6.07) is 0. The van der Waals surface area contributed by atoms with Gasteiger partial charge < -0.3 is 19.9 Å². The fourth-order valence-corrected chi connectivity index (χ4v) is 3.08. The summed E-state index contributed by atoms with van der Waals surface area (Å²) < 4.78 is 5.74. The average Bonchev–Trinajstić information content (AvgIpc) is 3.40. The molecule has 0 radical (unpaired) electrons. The third-order valence-electron chi connectivity index (χ3n) is 5.09. The summed E-state index contributed by atoms with van der Waals surface area (Å²) in [4.78, 5) is 9.58. The normalized spacial score (nSPS) is 19.6. The molecule has 0 aromatic carbocycles. The molecule has 2 fully saturated rings. The van der Waals surface area contributed by atoms with E-state index in [0.29, 0.717) is 0 Å². The molecule has 0 atom stereocenters. The quantitative estimate of drug-likeness (QED) is 0.233. The molecule has 0 amide bonds. The van der Waals surface area contributed by atoms with Gasteiger partial charge in [0.1, 0.15) is 0 Å². The zero-order valence-corrected chi connectivity index (χ0v) is 18.8. The Balaban J connectivity index is 0.00000312. The van der Waals surface area contributed by atoms with E-state index >= 15 is 0 Å². The summed E-state index contributed by atoms with van der Waals surface area (Å²) in [5, 5.41) is 3.40. The van der Waals surface area contributed by atoms with Gasteiger partial charge in [-0.15, -0.1) is 24.0 Å². The molecular formula is C19H39IN4O. The lowest BCUT2D eigenvalue weighted by atomic mass is 9.99. The minimum absolute atomic E-state index is 0. The second kappa shape index (κ2) is 13.1. The smallest absolute Gasteiger partial charge is 0.193 e. The molecule has 6 heteroatoms. The molecule has 0 aromatic heterocycles. The number of aliphatic imine (C=N–C) groups is 1. The van der Waals surface area contributed by atoms with Gasteiger partial charge in [-0.3, -0.25) is 4.99 Å². The number of nitrogens with one attached hydrogen (secondary N) is 1. The van der Waals surface area contributed by atoms with E-state index in [1.807, 2.05) is 0 Å². The topological polar surface area (TPSA) is 40.1 Å². The summed E-state index contributed by atoms with van der Waals surface area (Å²) >= 11 is 0. The van der Waals surface area contributed by atoms with E-state index in [9.17, 15) is 0 Å². The van der Waals surface area contributed by atoms with Gasteiger partial charge in [0.15, 0.2) is 5.96 Å². The van der Waals surface area contributed by atoms with Crippen LogP contribution < -0.4 is 5.32 Å². The molecule has 25 heavy (non-hydrogen) atoms. The molecule has 0 bridgehead atoms. The highest BCUT2D eigenvalue weighted by Gasteiger charge is 2.21. The van der Waals surface area contributed by atoms with Crippen molar-refractivity contribution in [2.24, 2.45) is 16.8 Å². The molecule has 0 aromatic rings. The van der Waals surface area contributed by atoms with Gasteiger partial charge in [-0.2, -0.15) is 0 Å². The fourth-order valence-electron chi connectivity index (χ4n) is 3.08. The van der Waals surface area contributed by atoms with Gasteiger partial charge in [-0.25, -0.2) is 0 Å². The summed E-state index contributed by atoms with van der Waals surface area (Å²) in [6.45, 7) is 12.7. The Morgan fingerprint density at radius 3 is 2.60 bits per heavy atom. The second-order valence-corrected chi connectivity index (χ2v) is 7.55. The highest BCUT2D eigenvalue weighted by molar-refractivity contribution is 14.0. The minimum atomic E-state index is 0. The van der Waals surface area contributed by atoms with Crippen LogP contribution in [0.25, 0.3) is 0 Å². The van der Waals surface area contributed by atoms with E-state index in [0.717, 1.165) is 57.1 Å². The Hall–Kier alpha value is -0.0800. The van der Waals surface area contributed by atoms with Crippen LogP contribution in [-0.2, 0) is 4.74 Å². The molecule has 1 aliphatic heterocycles. The summed E-state index contributed by atoms with van der Waals surface area (Å²) in [7, 11) is 2.11. The SMILES string of the molecule is CCNC(=NCCCN1CCC(C)CC1)N(C)CCOCC1CC1.I. The third kappa shape index (κ3) is 9.99. The molecule has 1 N–H and O–H groups in total. The first kappa shape index (κ1) is 23.0. The van der Waals surface area contributed by atoms with Crippen molar-refractivity contribution < 1.29 is 4.74 Å². The van der Waals surface area contributed by atoms with Crippen LogP contribution >= 0.6 is 24.0 Å². The fraction of sp³-hybridized carbons (Fsp3) is 0.947. The van der Waals surface area contributed by atoms with Gasteiger partial charge in [-0.1, -0.05) is 6.92 Å². The molecule has 1 heterocycles. The van der Waals surface area contributed by atoms with Crippen molar-refractivity contribution in [3.8, 4) is 0 Å². The van der Waals surface area contributed by atoms with E-state index < -0.39 is 0 Å². The maximum absolute atomic E-state index is 5.74. The molecule has 148 valence electrons. The zero-order chi connectivity index (χ0) is 17.2. The highest BCUT2D eigenvalue weighted by Crippen LogP contribution is 2.28. The van der Waals surface area contributed by atoms with Crippen molar-refractivity contribution in [1.82, 2.24) is 15.1 Å². The highest BCUT2D eigenvalue weighted by atomic mass is 127. The molecule has 0 spiro atoms. The van der Waals surface area contributed by atoms with E-state index in [4.69, 9.17) is 9.73 Å². The number of rotatable bonds is 10. The number of likely N-dealkylation sites (tertiary alicyclic amines) is 1. The van der Waals surface area contributed by atoms with E-state index in [-0.39, 0.29) is 24.0 Å². The summed E-state index contributed by atoms with van der Waals surface area (Å²) in [5.74, 6) is 2.77. The number of likely N-dealkylation sites (N-methyl/N-ethyl adjacent to an activating group) is 1. The molecule has 1 saturated heterocycles. The predicted molar refractivity (Wildman–Crippen MR) is 117 cm³/mol. The molecule has 1 aliphatic carbocycles. The lowest BCUT2D eigenvalue weighted by Crippen LogP contribution is -2.41. The largest absolute Gasteiger partial charge is 0.379 e. The van der Waals surface area contributed by atoms with Crippen LogP contribution in [-0.4, -0.2) is 75.3 Å². The summed E-state index contributed by atoms with van der Waals surface area (Å²) in [6.07, 6.45) is 6.58.